The third-order valence-electron chi connectivity index (χ3n) is 4.25. The molecule has 0 radical (unpaired) electrons. The van der Waals surface area contributed by atoms with Gasteiger partial charge in [0.15, 0.2) is 5.58 Å². The minimum Gasteiger partial charge on any atom is -0.436 e. The van der Waals surface area contributed by atoms with E-state index in [0.717, 1.165) is 46.6 Å². The number of benzene rings is 2. The van der Waals surface area contributed by atoms with E-state index >= 15 is 0 Å². The Labute approximate surface area is 140 Å². The van der Waals surface area contributed by atoms with E-state index in [-0.39, 0.29) is 0 Å². The first-order valence-corrected chi connectivity index (χ1v) is 8.09. The zero-order valence-corrected chi connectivity index (χ0v) is 14.2. The Balaban J connectivity index is 1.75. The number of oxazole rings is 1. The van der Waals surface area contributed by atoms with Gasteiger partial charge in [0.2, 0.25) is 5.89 Å². The monoisotopic (exact) mass is 320 g/mol. The molecule has 0 spiro atoms. The fourth-order valence-corrected chi connectivity index (χ4v) is 2.96. The highest BCUT2D eigenvalue weighted by atomic mass is 16.3. The predicted octanol–water partition coefficient (Wildman–Crippen LogP) is 3.71. The van der Waals surface area contributed by atoms with Crippen LogP contribution in [0.1, 0.15) is 5.82 Å². The highest BCUT2D eigenvalue weighted by molar-refractivity contribution is 5.83. The van der Waals surface area contributed by atoms with E-state index in [1.165, 1.54) is 0 Å². The molecule has 2 heterocycles. The van der Waals surface area contributed by atoms with Crippen LogP contribution in [0.3, 0.4) is 0 Å². The van der Waals surface area contributed by atoms with Gasteiger partial charge < -0.3 is 13.9 Å². The average Bonchev–Trinajstić information content (AvgIpc) is 3.12. The van der Waals surface area contributed by atoms with Gasteiger partial charge in [-0.05, 0) is 51.4 Å². The molecule has 0 aliphatic heterocycles. The summed E-state index contributed by atoms with van der Waals surface area (Å²) in [5.41, 5.74) is 4.76. The fourth-order valence-electron chi connectivity index (χ4n) is 2.96. The number of hydrogen-bond acceptors (Lipinski definition) is 4. The maximum absolute atomic E-state index is 5.87. The van der Waals surface area contributed by atoms with Crippen LogP contribution in [0.4, 0.5) is 0 Å². The van der Waals surface area contributed by atoms with Crippen LogP contribution in [0, 0.1) is 6.92 Å². The van der Waals surface area contributed by atoms with Gasteiger partial charge in [-0.2, -0.15) is 0 Å². The quantitative estimate of drug-likeness (QED) is 0.575. The molecule has 4 rings (SSSR count). The molecule has 0 aliphatic rings. The summed E-state index contributed by atoms with van der Waals surface area (Å²) in [5, 5.41) is 0. The first-order chi connectivity index (χ1) is 11.6. The normalized spacial score (nSPS) is 11.8. The Morgan fingerprint density at radius 3 is 2.67 bits per heavy atom. The third kappa shape index (κ3) is 2.57. The molecule has 0 fully saturated rings. The molecule has 0 bridgehead atoms. The molecule has 0 atom stereocenters. The highest BCUT2D eigenvalue weighted by Gasteiger charge is 2.12. The number of aryl methyl sites for hydroxylation is 1. The number of para-hydroxylation sites is 2. The van der Waals surface area contributed by atoms with E-state index in [9.17, 15) is 0 Å². The summed E-state index contributed by atoms with van der Waals surface area (Å²) in [5.74, 6) is 1.67. The van der Waals surface area contributed by atoms with Gasteiger partial charge in [-0.25, -0.2) is 9.97 Å². The standard InChI is InChI=1S/C19H20N4O/c1-13-20-16-12-14(8-9-17(16)23(13)11-10-22(2)3)19-21-15-6-4-5-7-18(15)24-19/h4-9,12H,10-11H2,1-3H3. The van der Waals surface area contributed by atoms with Crippen molar-refractivity contribution in [2.24, 2.45) is 0 Å². The lowest BCUT2D eigenvalue weighted by molar-refractivity contribution is 0.384. The second kappa shape index (κ2) is 5.76. The molecule has 0 unspecified atom stereocenters. The van der Waals surface area contributed by atoms with Crippen molar-refractivity contribution in [2.75, 3.05) is 20.6 Å². The number of hydrogen-bond donors (Lipinski definition) is 0. The molecule has 5 heteroatoms. The minimum absolute atomic E-state index is 0.638. The van der Waals surface area contributed by atoms with Gasteiger partial charge in [0.1, 0.15) is 11.3 Å². The largest absolute Gasteiger partial charge is 0.436 e. The summed E-state index contributed by atoms with van der Waals surface area (Å²) in [7, 11) is 4.17. The third-order valence-corrected chi connectivity index (χ3v) is 4.25. The Morgan fingerprint density at radius 1 is 1.04 bits per heavy atom. The maximum atomic E-state index is 5.87. The summed E-state index contributed by atoms with van der Waals surface area (Å²) in [6.07, 6.45) is 0. The highest BCUT2D eigenvalue weighted by Crippen LogP contribution is 2.27. The van der Waals surface area contributed by atoms with Crippen LogP contribution in [0.5, 0.6) is 0 Å². The van der Waals surface area contributed by atoms with Crippen molar-refractivity contribution in [3.8, 4) is 11.5 Å². The van der Waals surface area contributed by atoms with E-state index in [1.807, 2.05) is 24.3 Å². The van der Waals surface area contributed by atoms with E-state index in [2.05, 4.69) is 53.7 Å². The first kappa shape index (κ1) is 14.9. The lowest BCUT2D eigenvalue weighted by Gasteiger charge is -2.12. The van der Waals surface area contributed by atoms with Gasteiger partial charge in [-0.15, -0.1) is 0 Å². The van der Waals surface area contributed by atoms with Gasteiger partial charge in [-0.3, -0.25) is 0 Å². The molecule has 0 amide bonds. The van der Waals surface area contributed by atoms with E-state index in [4.69, 9.17) is 9.40 Å². The zero-order valence-electron chi connectivity index (χ0n) is 14.2. The number of nitrogens with zero attached hydrogens (tertiary/aromatic N) is 4. The fraction of sp³-hybridized carbons (Fsp3) is 0.263. The second-order valence-electron chi connectivity index (χ2n) is 6.30. The van der Waals surface area contributed by atoms with Crippen LogP contribution < -0.4 is 0 Å². The molecule has 4 aromatic rings. The van der Waals surface area contributed by atoms with Gasteiger partial charge >= 0.3 is 0 Å². The van der Waals surface area contributed by atoms with Crippen molar-refractivity contribution >= 4 is 22.1 Å². The molecule has 5 nitrogen and oxygen atoms in total. The van der Waals surface area contributed by atoms with Crippen LogP contribution in [0.25, 0.3) is 33.6 Å². The summed E-state index contributed by atoms with van der Waals surface area (Å²) in [4.78, 5) is 11.5. The maximum Gasteiger partial charge on any atom is 0.227 e. The molecule has 2 aromatic carbocycles. The second-order valence-corrected chi connectivity index (χ2v) is 6.30. The number of imidazole rings is 1. The smallest absolute Gasteiger partial charge is 0.227 e. The lowest BCUT2D eigenvalue weighted by atomic mass is 10.2. The van der Waals surface area contributed by atoms with E-state index in [1.54, 1.807) is 0 Å². The van der Waals surface area contributed by atoms with Crippen molar-refractivity contribution in [1.82, 2.24) is 19.4 Å². The lowest BCUT2D eigenvalue weighted by Crippen LogP contribution is -2.18. The summed E-state index contributed by atoms with van der Waals surface area (Å²) in [6, 6.07) is 14.0. The SMILES string of the molecule is Cc1nc2cc(-c3nc4ccccc4o3)ccc2n1CCN(C)C. The van der Waals surface area contributed by atoms with Crippen molar-refractivity contribution in [1.29, 1.82) is 0 Å². The number of fused-ring (bicyclic) bond motifs is 2. The number of likely N-dealkylation sites (N-methyl/N-ethyl adjacent to an activating group) is 1. The van der Waals surface area contributed by atoms with Gasteiger partial charge in [-0.1, -0.05) is 12.1 Å². The van der Waals surface area contributed by atoms with Gasteiger partial charge in [0, 0.05) is 18.7 Å². The topological polar surface area (TPSA) is 47.1 Å². The van der Waals surface area contributed by atoms with Crippen molar-refractivity contribution in [2.45, 2.75) is 13.5 Å². The zero-order chi connectivity index (χ0) is 16.7. The molecular weight excluding hydrogens is 300 g/mol. The Morgan fingerprint density at radius 2 is 1.88 bits per heavy atom. The molecule has 2 aromatic heterocycles. The first-order valence-electron chi connectivity index (χ1n) is 8.09. The predicted molar refractivity (Wildman–Crippen MR) is 96.0 cm³/mol. The number of rotatable bonds is 4. The number of aromatic nitrogens is 3. The van der Waals surface area contributed by atoms with E-state index in [0.29, 0.717) is 5.89 Å². The van der Waals surface area contributed by atoms with Crippen molar-refractivity contribution in [3.05, 3.63) is 48.3 Å². The summed E-state index contributed by atoms with van der Waals surface area (Å²) in [6.45, 7) is 3.96. The molecule has 122 valence electrons. The minimum atomic E-state index is 0.638. The summed E-state index contributed by atoms with van der Waals surface area (Å²) >= 11 is 0. The average molecular weight is 320 g/mol. The van der Waals surface area contributed by atoms with Crippen LogP contribution in [0.15, 0.2) is 46.9 Å². The van der Waals surface area contributed by atoms with E-state index < -0.39 is 0 Å². The van der Waals surface area contributed by atoms with Crippen LogP contribution in [-0.2, 0) is 6.54 Å². The van der Waals surface area contributed by atoms with Gasteiger partial charge in [0.05, 0.1) is 11.0 Å². The molecule has 24 heavy (non-hydrogen) atoms. The molecule has 0 N–H and O–H groups in total. The van der Waals surface area contributed by atoms with Crippen LogP contribution >= 0.6 is 0 Å². The van der Waals surface area contributed by atoms with Crippen molar-refractivity contribution in [3.63, 3.8) is 0 Å². The van der Waals surface area contributed by atoms with Crippen LogP contribution in [-0.4, -0.2) is 40.1 Å². The Hall–Kier alpha value is -2.66. The van der Waals surface area contributed by atoms with Gasteiger partial charge in [0.25, 0.3) is 0 Å². The van der Waals surface area contributed by atoms with Crippen molar-refractivity contribution < 1.29 is 4.42 Å². The summed E-state index contributed by atoms with van der Waals surface area (Å²) < 4.78 is 8.12. The molecule has 0 aliphatic carbocycles. The molecule has 0 saturated heterocycles. The Kier molecular flexibility index (Phi) is 3.58. The van der Waals surface area contributed by atoms with Crippen LogP contribution in [0.2, 0.25) is 0 Å². The molecule has 0 saturated carbocycles. The Bertz CT molecular complexity index is 980. The molecular formula is C19H20N4O.